The highest BCUT2D eigenvalue weighted by Gasteiger charge is 2.11. The van der Waals surface area contributed by atoms with Gasteiger partial charge >= 0.3 is 0 Å². The van der Waals surface area contributed by atoms with Gasteiger partial charge < -0.3 is 14.8 Å². The Bertz CT molecular complexity index is 862. The number of nitrogens with zero attached hydrogens (tertiary/aromatic N) is 1. The summed E-state index contributed by atoms with van der Waals surface area (Å²) in [6, 6.07) is 13.4. The van der Waals surface area contributed by atoms with Gasteiger partial charge in [0, 0.05) is 4.90 Å². The Morgan fingerprint density at radius 2 is 2.04 bits per heavy atom. The number of fused-ring (bicyclic) bond motifs is 1. The van der Waals surface area contributed by atoms with Crippen molar-refractivity contribution in [2.24, 2.45) is 0 Å². The highest BCUT2D eigenvalue weighted by atomic mass is 32.2. The first kappa shape index (κ1) is 17.6. The van der Waals surface area contributed by atoms with Gasteiger partial charge in [0.25, 0.3) is 0 Å². The normalized spacial score (nSPS) is 10.6. The van der Waals surface area contributed by atoms with E-state index in [1.54, 1.807) is 7.11 Å². The molecule has 7 heteroatoms. The van der Waals surface area contributed by atoms with Crippen LogP contribution in [0.15, 0.2) is 47.4 Å². The summed E-state index contributed by atoms with van der Waals surface area (Å²) in [5.74, 6) is 1.77. The molecule has 3 rings (SSSR count). The minimum Gasteiger partial charge on any atom is -0.497 e. The van der Waals surface area contributed by atoms with Crippen molar-refractivity contribution >= 4 is 44.4 Å². The quantitative estimate of drug-likeness (QED) is 0.620. The maximum atomic E-state index is 12.2. The van der Waals surface area contributed by atoms with Gasteiger partial charge in [-0.25, -0.2) is 4.98 Å². The second-order valence-corrected chi connectivity index (χ2v) is 7.15. The fraction of sp³-hybridized carbons (Fsp3) is 0.222. The van der Waals surface area contributed by atoms with Crippen LogP contribution in [0.3, 0.4) is 0 Å². The molecule has 0 atom stereocenters. The van der Waals surface area contributed by atoms with Gasteiger partial charge in [-0.2, -0.15) is 0 Å². The monoisotopic (exact) mass is 374 g/mol. The molecule has 1 aromatic heterocycles. The van der Waals surface area contributed by atoms with Gasteiger partial charge in [-0.05, 0) is 43.3 Å². The van der Waals surface area contributed by atoms with E-state index < -0.39 is 0 Å². The SMILES string of the molecule is CCOc1cccc2sc(NC(=O)CSc3ccc(OC)cc3)nc12. The van der Waals surface area contributed by atoms with Crippen molar-refractivity contribution in [2.45, 2.75) is 11.8 Å². The third kappa shape index (κ3) is 4.43. The molecule has 1 amide bonds. The molecule has 0 radical (unpaired) electrons. The van der Waals surface area contributed by atoms with Gasteiger partial charge in [0.2, 0.25) is 5.91 Å². The van der Waals surface area contributed by atoms with Crippen LogP contribution in [-0.2, 0) is 4.79 Å². The molecule has 0 aliphatic heterocycles. The van der Waals surface area contributed by atoms with Crippen molar-refractivity contribution in [3.63, 3.8) is 0 Å². The number of rotatable bonds is 7. The second-order valence-electron chi connectivity index (χ2n) is 5.07. The van der Waals surface area contributed by atoms with Crippen LogP contribution in [0.4, 0.5) is 5.13 Å². The number of methoxy groups -OCH3 is 1. The largest absolute Gasteiger partial charge is 0.497 e. The highest BCUT2D eigenvalue weighted by Crippen LogP contribution is 2.32. The first-order valence-corrected chi connectivity index (χ1v) is 9.59. The number of hydrogen-bond acceptors (Lipinski definition) is 6. The highest BCUT2D eigenvalue weighted by molar-refractivity contribution is 8.00. The summed E-state index contributed by atoms with van der Waals surface area (Å²) in [6.07, 6.45) is 0. The molecule has 2 aromatic carbocycles. The second kappa shape index (κ2) is 8.22. The molecule has 0 saturated heterocycles. The summed E-state index contributed by atoms with van der Waals surface area (Å²) in [6.45, 7) is 2.51. The van der Waals surface area contributed by atoms with E-state index in [1.165, 1.54) is 23.1 Å². The number of carbonyl (C=O) groups is 1. The number of amides is 1. The maximum Gasteiger partial charge on any atom is 0.236 e. The lowest BCUT2D eigenvalue weighted by atomic mass is 10.3. The third-order valence-corrected chi connectivity index (χ3v) is 5.31. The first-order valence-electron chi connectivity index (χ1n) is 7.78. The Kier molecular flexibility index (Phi) is 5.78. The summed E-state index contributed by atoms with van der Waals surface area (Å²) in [7, 11) is 1.63. The molecule has 0 saturated carbocycles. The summed E-state index contributed by atoms with van der Waals surface area (Å²) in [4.78, 5) is 17.7. The predicted molar refractivity (Wildman–Crippen MR) is 103 cm³/mol. The summed E-state index contributed by atoms with van der Waals surface area (Å²) < 4.78 is 11.7. The number of anilines is 1. The number of carbonyl (C=O) groups excluding carboxylic acids is 1. The Balaban J connectivity index is 1.62. The van der Waals surface area contributed by atoms with Crippen LogP contribution in [-0.4, -0.2) is 30.4 Å². The van der Waals surface area contributed by atoms with Crippen molar-refractivity contribution in [1.82, 2.24) is 4.98 Å². The molecule has 0 unspecified atom stereocenters. The van der Waals surface area contributed by atoms with Crippen molar-refractivity contribution in [3.05, 3.63) is 42.5 Å². The molecule has 0 spiro atoms. The van der Waals surface area contributed by atoms with Crippen molar-refractivity contribution < 1.29 is 14.3 Å². The van der Waals surface area contributed by atoms with E-state index in [2.05, 4.69) is 10.3 Å². The van der Waals surface area contributed by atoms with Crippen molar-refractivity contribution in [3.8, 4) is 11.5 Å². The zero-order valence-electron chi connectivity index (χ0n) is 13.9. The Hall–Kier alpha value is -2.25. The Morgan fingerprint density at radius 3 is 2.76 bits per heavy atom. The molecule has 0 fully saturated rings. The standard InChI is InChI=1S/C18H18N2O3S2/c1-3-23-14-5-4-6-15-17(14)20-18(25-15)19-16(21)11-24-13-9-7-12(22-2)8-10-13/h4-10H,3,11H2,1-2H3,(H,19,20,21). The lowest BCUT2D eigenvalue weighted by Crippen LogP contribution is -2.13. The minimum atomic E-state index is -0.0853. The number of thioether (sulfide) groups is 1. The van der Waals surface area contributed by atoms with E-state index in [0.717, 1.165) is 26.6 Å². The van der Waals surface area contributed by atoms with Gasteiger partial charge in [-0.1, -0.05) is 17.4 Å². The minimum absolute atomic E-state index is 0.0853. The molecule has 0 aliphatic carbocycles. The van der Waals surface area contributed by atoms with Crippen molar-refractivity contribution in [1.29, 1.82) is 0 Å². The van der Waals surface area contributed by atoms with Gasteiger partial charge in [0.05, 0.1) is 24.2 Å². The number of aromatic nitrogens is 1. The molecule has 1 N–H and O–H groups in total. The van der Waals surface area contributed by atoms with E-state index in [1.807, 2.05) is 49.4 Å². The lowest BCUT2D eigenvalue weighted by Gasteiger charge is -2.04. The van der Waals surface area contributed by atoms with Crippen LogP contribution in [0.25, 0.3) is 10.2 Å². The fourth-order valence-electron chi connectivity index (χ4n) is 2.22. The van der Waals surface area contributed by atoms with Crippen LogP contribution >= 0.6 is 23.1 Å². The smallest absolute Gasteiger partial charge is 0.236 e. The molecular weight excluding hydrogens is 356 g/mol. The molecule has 130 valence electrons. The van der Waals surface area contributed by atoms with Crippen LogP contribution < -0.4 is 14.8 Å². The molecular formula is C18H18N2O3S2. The van der Waals surface area contributed by atoms with E-state index >= 15 is 0 Å². The number of nitrogens with one attached hydrogen (secondary N) is 1. The molecule has 5 nitrogen and oxygen atoms in total. The third-order valence-electron chi connectivity index (χ3n) is 3.36. The van der Waals surface area contributed by atoms with Gasteiger partial charge in [0.15, 0.2) is 5.13 Å². The number of benzene rings is 2. The average molecular weight is 374 g/mol. The number of para-hydroxylation sites is 1. The summed E-state index contributed by atoms with van der Waals surface area (Å²) in [5, 5.41) is 3.45. The molecule has 0 bridgehead atoms. The molecule has 1 heterocycles. The van der Waals surface area contributed by atoms with Crippen molar-refractivity contribution in [2.75, 3.05) is 24.8 Å². The zero-order valence-corrected chi connectivity index (χ0v) is 15.6. The fourth-order valence-corrected chi connectivity index (χ4v) is 3.82. The number of hydrogen-bond donors (Lipinski definition) is 1. The summed E-state index contributed by atoms with van der Waals surface area (Å²) in [5.41, 5.74) is 0.785. The van der Waals surface area contributed by atoms with E-state index in [9.17, 15) is 4.79 Å². The Labute approximate surface area is 154 Å². The summed E-state index contributed by atoms with van der Waals surface area (Å²) >= 11 is 2.91. The predicted octanol–water partition coefficient (Wildman–Crippen LogP) is 4.43. The average Bonchev–Trinajstić information content (AvgIpc) is 3.04. The lowest BCUT2D eigenvalue weighted by molar-refractivity contribution is -0.113. The van der Waals surface area contributed by atoms with E-state index in [4.69, 9.17) is 9.47 Å². The first-order chi connectivity index (χ1) is 12.2. The van der Waals surface area contributed by atoms with Crippen LogP contribution in [0, 0.1) is 0 Å². The maximum absolute atomic E-state index is 12.2. The van der Waals surface area contributed by atoms with Crippen LogP contribution in [0.5, 0.6) is 11.5 Å². The van der Waals surface area contributed by atoms with Gasteiger partial charge in [-0.15, -0.1) is 11.8 Å². The van der Waals surface area contributed by atoms with E-state index in [-0.39, 0.29) is 5.91 Å². The molecule has 3 aromatic rings. The van der Waals surface area contributed by atoms with Crippen LogP contribution in [0.2, 0.25) is 0 Å². The van der Waals surface area contributed by atoms with Gasteiger partial charge in [0.1, 0.15) is 17.0 Å². The molecule has 0 aliphatic rings. The topological polar surface area (TPSA) is 60.5 Å². The van der Waals surface area contributed by atoms with Crippen LogP contribution in [0.1, 0.15) is 6.92 Å². The van der Waals surface area contributed by atoms with Gasteiger partial charge in [-0.3, -0.25) is 4.79 Å². The Morgan fingerprint density at radius 1 is 1.24 bits per heavy atom. The zero-order chi connectivity index (χ0) is 17.6. The molecule has 25 heavy (non-hydrogen) atoms. The number of ether oxygens (including phenoxy) is 2. The van der Waals surface area contributed by atoms with E-state index in [0.29, 0.717) is 17.5 Å². The number of thiazole rings is 1.